The monoisotopic (exact) mass is 343 g/mol. The standard InChI is InChI=1S/C11H7Br2NO2/c12-8-2-5-1-7(11(15)16)10(14)4-6(5)3-9(8)13/h1-4H,14H2,(H,15,16). The van der Waals surface area contributed by atoms with Crippen molar-refractivity contribution in [3.05, 3.63) is 38.8 Å². The van der Waals surface area contributed by atoms with Crippen LogP contribution in [0.4, 0.5) is 5.69 Å². The van der Waals surface area contributed by atoms with Crippen molar-refractivity contribution in [2.45, 2.75) is 0 Å². The number of hydrogen-bond donors (Lipinski definition) is 2. The average molecular weight is 345 g/mol. The molecule has 0 aliphatic carbocycles. The van der Waals surface area contributed by atoms with E-state index in [0.717, 1.165) is 19.7 Å². The second-order valence-corrected chi connectivity index (χ2v) is 5.07. The molecule has 0 atom stereocenters. The Bertz CT molecular complexity index is 596. The smallest absolute Gasteiger partial charge is 0.337 e. The lowest BCUT2D eigenvalue weighted by atomic mass is 10.1. The summed E-state index contributed by atoms with van der Waals surface area (Å²) in [6.45, 7) is 0. The van der Waals surface area contributed by atoms with Crippen LogP contribution in [0.15, 0.2) is 33.2 Å². The second-order valence-electron chi connectivity index (χ2n) is 3.36. The van der Waals surface area contributed by atoms with Crippen molar-refractivity contribution in [1.29, 1.82) is 0 Å². The van der Waals surface area contributed by atoms with Crippen molar-refractivity contribution >= 4 is 54.3 Å². The summed E-state index contributed by atoms with van der Waals surface area (Å²) in [6, 6.07) is 6.98. The largest absolute Gasteiger partial charge is 0.478 e. The number of carbonyl (C=O) groups is 1. The number of carboxylic acids is 1. The second kappa shape index (κ2) is 4.07. The molecular weight excluding hydrogens is 338 g/mol. The SMILES string of the molecule is Nc1cc2cc(Br)c(Br)cc2cc1C(=O)O. The van der Waals surface area contributed by atoms with Crippen molar-refractivity contribution in [1.82, 2.24) is 0 Å². The van der Waals surface area contributed by atoms with Gasteiger partial charge < -0.3 is 10.8 Å². The molecule has 0 saturated heterocycles. The molecule has 3 N–H and O–H groups in total. The zero-order valence-corrected chi connectivity index (χ0v) is 11.2. The molecule has 16 heavy (non-hydrogen) atoms. The molecule has 2 aromatic carbocycles. The predicted molar refractivity (Wildman–Crippen MR) is 70.7 cm³/mol. The Kier molecular flexibility index (Phi) is 2.90. The molecule has 0 spiro atoms. The zero-order valence-electron chi connectivity index (χ0n) is 8.00. The summed E-state index contributed by atoms with van der Waals surface area (Å²) in [6.07, 6.45) is 0. The highest BCUT2D eigenvalue weighted by atomic mass is 79.9. The maximum Gasteiger partial charge on any atom is 0.337 e. The van der Waals surface area contributed by atoms with E-state index in [1.165, 1.54) is 0 Å². The summed E-state index contributed by atoms with van der Waals surface area (Å²) >= 11 is 6.76. The van der Waals surface area contributed by atoms with E-state index < -0.39 is 5.97 Å². The molecule has 0 fully saturated rings. The summed E-state index contributed by atoms with van der Waals surface area (Å²) < 4.78 is 1.78. The maximum absolute atomic E-state index is 10.9. The number of anilines is 1. The molecule has 0 amide bonds. The Morgan fingerprint density at radius 1 is 1.06 bits per heavy atom. The molecule has 0 radical (unpaired) electrons. The van der Waals surface area contributed by atoms with Gasteiger partial charge in [0.05, 0.1) is 5.56 Å². The van der Waals surface area contributed by atoms with E-state index in [1.54, 1.807) is 12.1 Å². The molecule has 3 nitrogen and oxygen atoms in total. The molecule has 5 heteroatoms. The first-order valence-corrected chi connectivity index (χ1v) is 5.99. The minimum Gasteiger partial charge on any atom is -0.478 e. The highest BCUT2D eigenvalue weighted by molar-refractivity contribution is 9.13. The number of halogens is 2. The van der Waals surface area contributed by atoms with Crippen LogP contribution in [0, 0.1) is 0 Å². The fourth-order valence-electron chi connectivity index (χ4n) is 1.50. The van der Waals surface area contributed by atoms with E-state index in [0.29, 0.717) is 0 Å². The van der Waals surface area contributed by atoms with Crippen molar-refractivity contribution in [2.24, 2.45) is 0 Å². The van der Waals surface area contributed by atoms with Crippen LogP contribution in [0.5, 0.6) is 0 Å². The van der Waals surface area contributed by atoms with Crippen LogP contribution in [-0.4, -0.2) is 11.1 Å². The van der Waals surface area contributed by atoms with Crippen LogP contribution in [0.2, 0.25) is 0 Å². The van der Waals surface area contributed by atoms with Gasteiger partial charge in [-0.15, -0.1) is 0 Å². The van der Waals surface area contributed by atoms with Crippen LogP contribution in [-0.2, 0) is 0 Å². The first-order chi connectivity index (χ1) is 7.49. The molecular formula is C11H7Br2NO2. The van der Waals surface area contributed by atoms with Crippen molar-refractivity contribution in [2.75, 3.05) is 5.73 Å². The summed E-state index contributed by atoms with van der Waals surface area (Å²) in [4.78, 5) is 10.9. The number of fused-ring (bicyclic) bond motifs is 1. The van der Waals surface area contributed by atoms with Gasteiger partial charge in [-0.2, -0.15) is 0 Å². The number of benzene rings is 2. The van der Waals surface area contributed by atoms with Gasteiger partial charge in [-0.1, -0.05) is 0 Å². The van der Waals surface area contributed by atoms with Gasteiger partial charge >= 0.3 is 5.97 Å². The van der Waals surface area contributed by atoms with E-state index in [9.17, 15) is 4.79 Å². The van der Waals surface area contributed by atoms with Gasteiger partial charge in [0, 0.05) is 14.6 Å². The lowest BCUT2D eigenvalue weighted by Crippen LogP contribution is -2.02. The van der Waals surface area contributed by atoms with Gasteiger partial charge in [0.1, 0.15) is 0 Å². The fourth-order valence-corrected chi connectivity index (χ4v) is 2.22. The Morgan fingerprint density at radius 3 is 2.06 bits per heavy atom. The van der Waals surface area contributed by atoms with Crippen molar-refractivity contribution in [3.8, 4) is 0 Å². The minimum absolute atomic E-state index is 0.127. The minimum atomic E-state index is -1.02. The molecule has 0 aromatic heterocycles. The molecule has 2 rings (SSSR count). The topological polar surface area (TPSA) is 63.3 Å². The number of hydrogen-bond acceptors (Lipinski definition) is 2. The molecule has 0 aliphatic heterocycles. The molecule has 0 saturated carbocycles. The summed E-state index contributed by atoms with van der Waals surface area (Å²) in [7, 11) is 0. The molecule has 0 aliphatic rings. The first-order valence-electron chi connectivity index (χ1n) is 4.40. The molecule has 0 bridgehead atoms. The van der Waals surface area contributed by atoms with Gasteiger partial charge in [0.25, 0.3) is 0 Å². The highest BCUT2D eigenvalue weighted by Gasteiger charge is 2.10. The lowest BCUT2D eigenvalue weighted by molar-refractivity contribution is 0.0698. The Morgan fingerprint density at radius 2 is 1.56 bits per heavy atom. The van der Waals surface area contributed by atoms with Crippen LogP contribution >= 0.6 is 31.9 Å². The van der Waals surface area contributed by atoms with E-state index in [-0.39, 0.29) is 11.3 Å². The Hall–Kier alpha value is -1.07. The molecule has 82 valence electrons. The maximum atomic E-state index is 10.9. The quantitative estimate of drug-likeness (QED) is 0.776. The molecule has 0 heterocycles. The number of carboxylic acid groups (broad SMARTS) is 1. The number of nitrogens with two attached hydrogens (primary N) is 1. The van der Waals surface area contributed by atoms with E-state index in [4.69, 9.17) is 10.8 Å². The summed E-state index contributed by atoms with van der Waals surface area (Å²) in [5.74, 6) is -1.02. The van der Waals surface area contributed by atoms with Crippen molar-refractivity contribution < 1.29 is 9.90 Å². The Labute approximate surface area is 109 Å². The zero-order chi connectivity index (χ0) is 11.9. The third-order valence-electron chi connectivity index (χ3n) is 2.28. The first kappa shape index (κ1) is 11.4. The van der Waals surface area contributed by atoms with E-state index in [1.807, 2.05) is 12.1 Å². The van der Waals surface area contributed by atoms with Crippen LogP contribution in [0.25, 0.3) is 10.8 Å². The third-order valence-corrected chi connectivity index (χ3v) is 4.12. The van der Waals surface area contributed by atoms with Crippen LogP contribution < -0.4 is 5.73 Å². The normalized spacial score (nSPS) is 10.6. The highest BCUT2D eigenvalue weighted by Crippen LogP contribution is 2.31. The average Bonchev–Trinajstić information content (AvgIpc) is 2.19. The van der Waals surface area contributed by atoms with Crippen LogP contribution in [0.1, 0.15) is 10.4 Å². The van der Waals surface area contributed by atoms with E-state index in [2.05, 4.69) is 31.9 Å². The van der Waals surface area contributed by atoms with Crippen molar-refractivity contribution in [3.63, 3.8) is 0 Å². The van der Waals surface area contributed by atoms with E-state index >= 15 is 0 Å². The van der Waals surface area contributed by atoms with Gasteiger partial charge in [0.2, 0.25) is 0 Å². The van der Waals surface area contributed by atoms with Crippen LogP contribution in [0.3, 0.4) is 0 Å². The Balaban J connectivity index is 2.79. The molecule has 2 aromatic rings. The molecule has 0 unspecified atom stereocenters. The summed E-state index contributed by atoms with van der Waals surface area (Å²) in [5.41, 5.74) is 6.07. The fraction of sp³-hybridized carbons (Fsp3) is 0. The van der Waals surface area contributed by atoms with Gasteiger partial charge in [0.15, 0.2) is 0 Å². The van der Waals surface area contributed by atoms with Gasteiger partial charge in [-0.25, -0.2) is 4.79 Å². The van der Waals surface area contributed by atoms with Gasteiger partial charge in [-0.05, 0) is 66.9 Å². The third kappa shape index (κ3) is 1.92. The number of aromatic carboxylic acids is 1. The number of nitrogen functional groups attached to an aromatic ring is 1. The number of rotatable bonds is 1. The summed E-state index contributed by atoms with van der Waals surface area (Å²) in [5, 5.41) is 10.7. The lowest BCUT2D eigenvalue weighted by Gasteiger charge is -2.06. The predicted octanol–water partition coefficient (Wildman–Crippen LogP) is 3.65. The van der Waals surface area contributed by atoms with Gasteiger partial charge in [-0.3, -0.25) is 0 Å².